The van der Waals surface area contributed by atoms with Crippen LogP contribution in [0, 0.1) is 0 Å². The number of hydrogen-bond acceptors (Lipinski definition) is 2. The molecule has 0 saturated carbocycles. The van der Waals surface area contributed by atoms with Gasteiger partial charge in [0.05, 0.1) is 5.54 Å². The molecule has 0 aromatic heterocycles. The van der Waals surface area contributed by atoms with Crippen LogP contribution in [-0.2, 0) is 10.3 Å². The van der Waals surface area contributed by atoms with E-state index in [9.17, 15) is 4.79 Å². The van der Waals surface area contributed by atoms with Gasteiger partial charge >= 0.3 is 0 Å². The molecule has 1 unspecified atom stereocenters. The average molecular weight is 257 g/mol. The van der Waals surface area contributed by atoms with Gasteiger partial charge in [-0.05, 0) is 26.3 Å². The van der Waals surface area contributed by atoms with Gasteiger partial charge in [0.15, 0.2) is 0 Å². The Kier molecular flexibility index (Phi) is 6.21. The van der Waals surface area contributed by atoms with Crippen molar-refractivity contribution in [3.8, 4) is 0 Å². The minimum Gasteiger partial charge on any atom is -0.347 e. The van der Waals surface area contributed by atoms with Crippen molar-refractivity contribution in [2.45, 2.75) is 38.8 Å². The van der Waals surface area contributed by atoms with Crippen LogP contribution in [0.5, 0.6) is 0 Å². The van der Waals surface area contributed by atoms with E-state index in [1.165, 1.54) is 0 Å². The van der Waals surface area contributed by atoms with Crippen LogP contribution in [-0.4, -0.2) is 11.9 Å². The minimum atomic E-state index is -0.354. The molecule has 1 rings (SSSR count). The van der Waals surface area contributed by atoms with Gasteiger partial charge in [-0.2, -0.15) is 0 Å². The molecule has 0 bridgehead atoms. The van der Waals surface area contributed by atoms with E-state index in [1.54, 1.807) is 0 Å². The average Bonchev–Trinajstić information content (AvgIpc) is 2.16. The lowest BCUT2D eigenvalue weighted by Crippen LogP contribution is -2.42. The van der Waals surface area contributed by atoms with Gasteiger partial charge < -0.3 is 11.1 Å². The summed E-state index contributed by atoms with van der Waals surface area (Å²) in [5.41, 5.74) is 6.33. The zero-order chi connectivity index (χ0) is 12.2. The zero-order valence-electron chi connectivity index (χ0n) is 10.6. The van der Waals surface area contributed by atoms with Gasteiger partial charge in [-0.1, -0.05) is 30.3 Å². The van der Waals surface area contributed by atoms with Crippen LogP contribution in [0.4, 0.5) is 0 Å². The monoisotopic (exact) mass is 256 g/mol. The number of carbonyl (C=O) groups excluding carboxylic acids is 1. The highest BCUT2D eigenvalue weighted by atomic mass is 35.5. The van der Waals surface area contributed by atoms with E-state index in [1.807, 2.05) is 51.1 Å². The Hall–Kier alpha value is -1.06. The Balaban J connectivity index is 0.00000256. The van der Waals surface area contributed by atoms with Gasteiger partial charge in [0.25, 0.3) is 0 Å². The van der Waals surface area contributed by atoms with E-state index in [2.05, 4.69) is 5.32 Å². The first kappa shape index (κ1) is 15.9. The number of nitrogens with two attached hydrogens (primary N) is 1. The first-order valence-electron chi connectivity index (χ1n) is 5.54. The van der Waals surface area contributed by atoms with Gasteiger partial charge in [0, 0.05) is 12.5 Å². The summed E-state index contributed by atoms with van der Waals surface area (Å²) < 4.78 is 0. The Morgan fingerprint density at radius 3 is 2.35 bits per heavy atom. The van der Waals surface area contributed by atoms with Gasteiger partial charge in [0.2, 0.25) is 5.91 Å². The molecular weight excluding hydrogens is 236 g/mol. The predicted octanol–water partition coefficient (Wildman–Crippen LogP) is 2.20. The predicted molar refractivity (Wildman–Crippen MR) is 73.1 cm³/mol. The van der Waals surface area contributed by atoms with Crippen LogP contribution in [0.3, 0.4) is 0 Å². The van der Waals surface area contributed by atoms with Crippen molar-refractivity contribution in [2.24, 2.45) is 5.73 Å². The fourth-order valence-corrected chi connectivity index (χ4v) is 1.62. The minimum absolute atomic E-state index is 0. The quantitative estimate of drug-likeness (QED) is 0.868. The van der Waals surface area contributed by atoms with Crippen LogP contribution in [0.1, 0.15) is 32.8 Å². The number of amides is 1. The Morgan fingerprint density at radius 2 is 1.88 bits per heavy atom. The van der Waals surface area contributed by atoms with Crippen molar-refractivity contribution < 1.29 is 4.79 Å². The van der Waals surface area contributed by atoms with Crippen molar-refractivity contribution >= 4 is 18.3 Å². The maximum absolute atomic E-state index is 11.7. The molecule has 0 heterocycles. The smallest absolute Gasteiger partial charge is 0.222 e. The summed E-state index contributed by atoms with van der Waals surface area (Å²) in [7, 11) is 0. The Bertz CT molecular complexity index is 350. The summed E-state index contributed by atoms with van der Waals surface area (Å²) in [6, 6.07) is 9.80. The van der Waals surface area contributed by atoms with E-state index < -0.39 is 0 Å². The molecule has 1 aromatic carbocycles. The fourth-order valence-electron chi connectivity index (χ4n) is 1.62. The molecule has 0 aliphatic rings. The second kappa shape index (κ2) is 6.62. The van der Waals surface area contributed by atoms with Crippen LogP contribution in [0.25, 0.3) is 0 Å². The zero-order valence-corrected chi connectivity index (χ0v) is 11.4. The molecule has 0 fully saturated rings. The molecule has 0 aliphatic carbocycles. The summed E-state index contributed by atoms with van der Waals surface area (Å²) in [5, 5.41) is 2.98. The van der Waals surface area contributed by atoms with E-state index >= 15 is 0 Å². The third-order valence-electron chi connectivity index (χ3n) is 2.45. The summed E-state index contributed by atoms with van der Waals surface area (Å²) >= 11 is 0. The molecule has 96 valence electrons. The summed E-state index contributed by atoms with van der Waals surface area (Å²) in [5.74, 6) is -0.0103. The van der Waals surface area contributed by atoms with Gasteiger partial charge in [0.1, 0.15) is 0 Å². The van der Waals surface area contributed by atoms with Crippen LogP contribution < -0.4 is 11.1 Å². The molecule has 17 heavy (non-hydrogen) atoms. The van der Waals surface area contributed by atoms with E-state index in [0.29, 0.717) is 6.42 Å². The highest BCUT2D eigenvalue weighted by Crippen LogP contribution is 2.19. The highest BCUT2D eigenvalue weighted by Gasteiger charge is 2.22. The first-order valence-corrected chi connectivity index (χ1v) is 5.54. The van der Waals surface area contributed by atoms with Gasteiger partial charge in [-0.3, -0.25) is 4.79 Å². The van der Waals surface area contributed by atoms with Crippen molar-refractivity contribution in [3.05, 3.63) is 35.9 Å². The normalized spacial score (nSPS) is 12.5. The van der Waals surface area contributed by atoms with Gasteiger partial charge in [-0.25, -0.2) is 0 Å². The van der Waals surface area contributed by atoms with Crippen molar-refractivity contribution in [1.29, 1.82) is 0 Å². The number of nitrogens with one attached hydrogen (secondary N) is 1. The van der Waals surface area contributed by atoms with Crippen LogP contribution in [0.15, 0.2) is 30.3 Å². The highest BCUT2D eigenvalue weighted by molar-refractivity contribution is 5.85. The lowest BCUT2D eigenvalue weighted by Gasteiger charge is -2.27. The lowest BCUT2D eigenvalue weighted by atomic mass is 9.94. The maximum atomic E-state index is 11.7. The molecule has 0 spiro atoms. The third kappa shape index (κ3) is 5.20. The van der Waals surface area contributed by atoms with Crippen molar-refractivity contribution in [2.75, 3.05) is 0 Å². The Morgan fingerprint density at radius 1 is 1.35 bits per heavy atom. The second-order valence-corrected chi connectivity index (χ2v) is 4.72. The van der Waals surface area contributed by atoms with E-state index in [0.717, 1.165) is 5.56 Å². The standard InChI is InChI=1S/C13H20N2O.ClH/c1-10(14)9-12(16)15-13(2,3)11-7-5-4-6-8-11;/h4-8,10H,9,14H2,1-3H3,(H,15,16);1H. The molecule has 1 aromatic rings. The van der Waals surface area contributed by atoms with E-state index in [4.69, 9.17) is 5.73 Å². The molecule has 0 saturated heterocycles. The molecular formula is C13H21ClN2O. The number of benzene rings is 1. The molecule has 1 amide bonds. The molecule has 3 N–H and O–H groups in total. The summed E-state index contributed by atoms with van der Waals surface area (Å²) in [4.78, 5) is 11.7. The van der Waals surface area contributed by atoms with E-state index in [-0.39, 0.29) is 29.9 Å². The molecule has 3 nitrogen and oxygen atoms in total. The second-order valence-electron chi connectivity index (χ2n) is 4.72. The number of rotatable bonds is 4. The summed E-state index contributed by atoms with van der Waals surface area (Å²) in [6.45, 7) is 5.80. The number of carbonyl (C=O) groups is 1. The van der Waals surface area contributed by atoms with Crippen LogP contribution >= 0.6 is 12.4 Å². The third-order valence-corrected chi connectivity index (χ3v) is 2.45. The van der Waals surface area contributed by atoms with Crippen molar-refractivity contribution in [1.82, 2.24) is 5.32 Å². The maximum Gasteiger partial charge on any atom is 0.222 e. The molecule has 0 radical (unpaired) electrons. The SMILES string of the molecule is CC(N)CC(=O)NC(C)(C)c1ccccc1.Cl. The lowest BCUT2D eigenvalue weighted by molar-refractivity contribution is -0.123. The molecule has 1 atom stereocenters. The van der Waals surface area contributed by atoms with Crippen LogP contribution in [0.2, 0.25) is 0 Å². The first-order chi connectivity index (χ1) is 7.42. The molecule has 4 heteroatoms. The largest absolute Gasteiger partial charge is 0.347 e. The van der Waals surface area contributed by atoms with Gasteiger partial charge in [-0.15, -0.1) is 12.4 Å². The Labute approximate surface area is 109 Å². The number of hydrogen-bond donors (Lipinski definition) is 2. The fraction of sp³-hybridized carbons (Fsp3) is 0.462. The number of halogens is 1. The van der Waals surface area contributed by atoms with Crippen molar-refractivity contribution in [3.63, 3.8) is 0 Å². The molecule has 0 aliphatic heterocycles. The summed E-state index contributed by atoms with van der Waals surface area (Å²) in [6.07, 6.45) is 0.357. The topological polar surface area (TPSA) is 55.1 Å².